The normalized spacial score (nSPS) is 10.8. The van der Waals surface area contributed by atoms with Crippen molar-refractivity contribution < 1.29 is 13.5 Å². The van der Waals surface area contributed by atoms with Crippen molar-refractivity contribution in [2.45, 2.75) is 13.2 Å². The van der Waals surface area contributed by atoms with Crippen LogP contribution in [0.4, 0.5) is 14.5 Å². The SMILES string of the molecule is FC(F)Oc1ccc(Cl)cc1CNc1cc(Cl)cc(Cl)c1. The molecule has 0 unspecified atom stereocenters. The second-order valence-corrected chi connectivity index (χ2v) is 5.45. The minimum Gasteiger partial charge on any atom is -0.434 e. The van der Waals surface area contributed by atoms with E-state index in [1.54, 1.807) is 24.3 Å². The molecule has 21 heavy (non-hydrogen) atoms. The quantitative estimate of drug-likeness (QED) is 0.727. The smallest absolute Gasteiger partial charge is 0.387 e. The maximum absolute atomic E-state index is 12.4. The molecule has 112 valence electrons. The highest BCUT2D eigenvalue weighted by molar-refractivity contribution is 6.35. The molecule has 0 fully saturated rings. The molecule has 0 saturated carbocycles. The number of hydrogen-bond donors (Lipinski definition) is 1. The zero-order valence-electron chi connectivity index (χ0n) is 10.5. The first kappa shape index (κ1) is 16.1. The van der Waals surface area contributed by atoms with Crippen LogP contribution in [0.1, 0.15) is 5.56 Å². The van der Waals surface area contributed by atoms with Crippen molar-refractivity contribution in [3.05, 3.63) is 57.0 Å². The Balaban J connectivity index is 2.16. The molecule has 0 atom stereocenters. The molecule has 0 spiro atoms. The molecule has 0 aromatic heterocycles. The van der Waals surface area contributed by atoms with Crippen molar-refractivity contribution in [2.24, 2.45) is 0 Å². The molecule has 0 saturated heterocycles. The van der Waals surface area contributed by atoms with Crippen LogP contribution in [-0.2, 0) is 6.54 Å². The van der Waals surface area contributed by atoms with Gasteiger partial charge in [-0.05, 0) is 36.4 Å². The van der Waals surface area contributed by atoms with Gasteiger partial charge in [0.05, 0.1) is 0 Å². The molecule has 2 aromatic rings. The lowest BCUT2D eigenvalue weighted by Crippen LogP contribution is -2.07. The first-order valence-corrected chi connectivity index (χ1v) is 7.00. The molecule has 1 N–H and O–H groups in total. The Labute approximate surface area is 135 Å². The first-order chi connectivity index (χ1) is 9.94. The maximum Gasteiger partial charge on any atom is 0.387 e. The van der Waals surface area contributed by atoms with Crippen LogP contribution in [0.15, 0.2) is 36.4 Å². The van der Waals surface area contributed by atoms with Gasteiger partial charge in [0.1, 0.15) is 5.75 Å². The van der Waals surface area contributed by atoms with Crippen molar-refractivity contribution in [2.75, 3.05) is 5.32 Å². The summed E-state index contributed by atoms with van der Waals surface area (Å²) in [6, 6.07) is 9.38. The van der Waals surface area contributed by atoms with Gasteiger partial charge >= 0.3 is 6.61 Å². The van der Waals surface area contributed by atoms with E-state index in [1.807, 2.05) is 0 Å². The van der Waals surface area contributed by atoms with Gasteiger partial charge in [0.25, 0.3) is 0 Å². The third kappa shape index (κ3) is 4.92. The lowest BCUT2D eigenvalue weighted by molar-refractivity contribution is -0.0504. The summed E-state index contributed by atoms with van der Waals surface area (Å²) in [5.41, 5.74) is 1.16. The number of nitrogens with one attached hydrogen (secondary N) is 1. The van der Waals surface area contributed by atoms with Gasteiger partial charge < -0.3 is 10.1 Å². The molecular weight excluding hydrogens is 343 g/mol. The average molecular weight is 353 g/mol. The van der Waals surface area contributed by atoms with E-state index in [9.17, 15) is 8.78 Å². The summed E-state index contributed by atoms with van der Waals surface area (Å²) in [4.78, 5) is 0. The van der Waals surface area contributed by atoms with Gasteiger partial charge in [-0.3, -0.25) is 0 Å². The highest BCUT2D eigenvalue weighted by atomic mass is 35.5. The zero-order valence-corrected chi connectivity index (χ0v) is 12.8. The van der Waals surface area contributed by atoms with E-state index in [2.05, 4.69) is 10.1 Å². The van der Waals surface area contributed by atoms with Crippen LogP contribution in [0, 0.1) is 0 Å². The Hall–Kier alpha value is -1.23. The van der Waals surface area contributed by atoms with Crippen LogP contribution in [0.25, 0.3) is 0 Å². The van der Waals surface area contributed by atoms with E-state index in [1.165, 1.54) is 12.1 Å². The van der Waals surface area contributed by atoms with Gasteiger partial charge in [-0.25, -0.2) is 0 Å². The van der Waals surface area contributed by atoms with Gasteiger partial charge in [-0.2, -0.15) is 8.78 Å². The van der Waals surface area contributed by atoms with E-state index < -0.39 is 6.61 Å². The van der Waals surface area contributed by atoms with Gasteiger partial charge in [0.2, 0.25) is 0 Å². The Morgan fingerprint density at radius 1 is 0.952 bits per heavy atom. The van der Waals surface area contributed by atoms with Crippen molar-refractivity contribution in [3.8, 4) is 5.75 Å². The molecule has 2 aromatic carbocycles. The molecule has 0 radical (unpaired) electrons. The Kier molecular flexibility index (Phi) is 5.51. The van der Waals surface area contributed by atoms with E-state index in [4.69, 9.17) is 34.8 Å². The molecule has 2 rings (SSSR count). The summed E-state index contributed by atoms with van der Waals surface area (Å²) in [6.07, 6.45) is 0. The topological polar surface area (TPSA) is 21.3 Å². The highest BCUT2D eigenvalue weighted by Gasteiger charge is 2.10. The van der Waals surface area contributed by atoms with E-state index in [-0.39, 0.29) is 12.3 Å². The minimum atomic E-state index is -2.90. The standard InChI is InChI=1S/C14H10Cl3F2NO/c15-9-1-2-13(21-14(18)19)8(3-9)7-20-12-5-10(16)4-11(17)6-12/h1-6,14,20H,7H2. The Morgan fingerprint density at radius 2 is 1.62 bits per heavy atom. The maximum atomic E-state index is 12.4. The van der Waals surface area contributed by atoms with Gasteiger partial charge in [-0.15, -0.1) is 0 Å². The summed E-state index contributed by atoms with van der Waals surface area (Å²) >= 11 is 17.6. The third-order valence-corrected chi connectivity index (χ3v) is 3.26. The fourth-order valence-corrected chi connectivity index (χ4v) is 2.47. The predicted octanol–water partition coefficient (Wildman–Crippen LogP) is 5.86. The molecule has 0 aliphatic rings. The number of alkyl halides is 2. The summed E-state index contributed by atoms with van der Waals surface area (Å²) in [6.45, 7) is -2.66. The first-order valence-electron chi connectivity index (χ1n) is 5.87. The summed E-state index contributed by atoms with van der Waals surface area (Å²) in [5.74, 6) is 0.0648. The van der Waals surface area contributed by atoms with Gasteiger partial charge in [0, 0.05) is 32.9 Å². The van der Waals surface area contributed by atoms with Crippen molar-refractivity contribution in [3.63, 3.8) is 0 Å². The third-order valence-electron chi connectivity index (χ3n) is 2.58. The number of rotatable bonds is 5. The van der Waals surface area contributed by atoms with Crippen molar-refractivity contribution in [1.82, 2.24) is 0 Å². The van der Waals surface area contributed by atoms with Crippen LogP contribution >= 0.6 is 34.8 Å². The minimum absolute atomic E-state index is 0.0648. The molecule has 7 heteroatoms. The van der Waals surface area contributed by atoms with Gasteiger partial charge in [0.15, 0.2) is 0 Å². The molecule has 0 amide bonds. The molecule has 0 heterocycles. The highest BCUT2D eigenvalue weighted by Crippen LogP contribution is 2.27. The van der Waals surface area contributed by atoms with E-state index >= 15 is 0 Å². The van der Waals surface area contributed by atoms with E-state index in [0.717, 1.165) is 0 Å². The molecule has 2 nitrogen and oxygen atoms in total. The summed E-state index contributed by atoms with van der Waals surface area (Å²) in [5, 5.41) is 4.40. The number of anilines is 1. The Bertz CT molecular complexity index is 617. The molecule has 0 bridgehead atoms. The molecule has 0 aliphatic heterocycles. The predicted molar refractivity (Wildman–Crippen MR) is 81.9 cm³/mol. The van der Waals surface area contributed by atoms with Crippen molar-refractivity contribution in [1.29, 1.82) is 0 Å². The lowest BCUT2D eigenvalue weighted by Gasteiger charge is -2.13. The average Bonchev–Trinajstić information content (AvgIpc) is 2.37. The second-order valence-electron chi connectivity index (χ2n) is 4.14. The fraction of sp³-hybridized carbons (Fsp3) is 0.143. The largest absolute Gasteiger partial charge is 0.434 e. The second kappa shape index (κ2) is 7.16. The van der Waals surface area contributed by atoms with Crippen LogP contribution in [0.2, 0.25) is 15.1 Å². The summed E-state index contributed by atoms with van der Waals surface area (Å²) < 4.78 is 29.2. The van der Waals surface area contributed by atoms with Gasteiger partial charge in [-0.1, -0.05) is 34.8 Å². The number of hydrogen-bond acceptors (Lipinski definition) is 2. The lowest BCUT2D eigenvalue weighted by atomic mass is 10.2. The Morgan fingerprint density at radius 3 is 2.24 bits per heavy atom. The summed E-state index contributed by atoms with van der Waals surface area (Å²) in [7, 11) is 0. The number of halogens is 5. The zero-order chi connectivity index (χ0) is 15.4. The van der Waals surface area contributed by atoms with Crippen LogP contribution in [-0.4, -0.2) is 6.61 Å². The number of benzene rings is 2. The van der Waals surface area contributed by atoms with Crippen LogP contribution in [0.3, 0.4) is 0 Å². The molecular formula is C14H10Cl3F2NO. The monoisotopic (exact) mass is 351 g/mol. The van der Waals surface area contributed by atoms with Crippen molar-refractivity contribution >= 4 is 40.5 Å². The van der Waals surface area contributed by atoms with Crippen LogP contribution < -0.4 is 10.1 Å². The fourth-order valence-electron chi connectivity index (χ4n) is 1.75. The number of ether oxygens (including phenoxy) is 1. The van der Waals surface area contributed by atoms with Crippen LogP contribution in [0.5, 0.6) is 5.75 Å². The molecule has 0 aliphatic carbocycles. The van der Waals surface area contributed by atoms with E-state index in [0.29, 0.717) is 26.3 Å².